The van der Waals surface area contributed by atoms with Gasteiger partial charge in [-0.2, -0.15) is 5.10 Å². The van der Waals surface area contributed by atoms with Crippen LogP contribution in [-0.4, -0.2) is 23.4 Å². The summed E-state index contributed by atoms with van der Waals surface area (Å²) in [7, 11) is 3.63. The van der Waals surface area contributed by atoms with Gasteiger partial charge in [0.1, 0.15) is 11.4 Å². The number of hydrogen-bond donors (Lipinski definition) is 1. The van der Waals surface area contributed by atoms with Crippen LogP contribution in [0.15, 0.2) is 16.6 Å². The summed E-state index contributed by atoms with van der Waals surface area (Å²) in [5.74, 6) is 0.869. The first-order valence-electron chi connectivity index (χ1n) is 6.56. The number of ether oxygens (including phenoxy) is 1. The van der Waals surface area contributed by atoms with Crippen LogP contribution in [0.2, 0.25) is 0 Å². The molecular weight excluding hydrogens is 318 g/mol. The third-order valence-corrected chi connectivity index (χ3v) is 4.19. The SMILES string of the molecule is COc1c(C)cc(C)cc1-c1nn(C)c(CCN)c1Br. The van der Waals surface area contributed by atoms with Crippen molar-refractivity contribution < 1.29 is 4.74 Å². The predicted molar refractivity (Wildman–Crippen MR) is 85.1 cm³/mol. The smallest absolute Gasteiger partial charge is 0.131 e. The van der Waals surface area contributed by atoms with Crippen molar-refractivity contribution in [2.45, 2.75) is 20.3 Å². The van der Waals surface area contributed by atoms with Gasteiger partial charge in [0.05, 0.1) is 17.3 Å². The number of benzene rings is 1. The number of aryl methyl sites for hydroxylation is 3. The molecule has 2 aromatic rings. The number of nitrogens with zero attached hydrogens (tertiary/aromatic N) is 2. The zero-order valence-electron chi connectivity index (χ0n) is 12.3. The van der Waals surface area contributed by atoms with E-state index >= 15 is 0 Å². The van der Waals surface area contributed by atoms with E-state index in [1.807, 2.05) is 18.7 Å². The number of methoxy groups -OCH3 is 1. The van der Waals surface area contributed by atoms with Crippen LogP contribution in [0.3, 0.4) is 0 Å². The van der Waals surface area contributed by atoms with Crippen LogP contribution in [0.4, 0.5) is 0 Å². The van der Waals surface area contributed by atoms with Crippen LogP contribution in [0.1, 0.15) is 16.8 Å². The maximum absolute atomic E-state index is 5.66. The monoisotopic (exact) mass is 337 g/mol. The Morgan fingerprint density at radius 2 is 2.05 bits per heavy atom. The van der Waals surface area contributed by atoms with E-state index in [1.54, 1.807) is 7.11 Å². The molecule has 2 N–H and O–H groups in total. The zero-order valence-corrected chi connectivity index (χ0v) is 13.9. The first-order chi connectivity index (χ1) is 9.49. The van der Waals surface area contributed by atoms with Crippen LogP contribution < -0.4 is 10.5 Å². The Balaban J connectivity index is 2.65. The van der Waals surface area contributed by atoms with Crippen molar-refractivity contribution in [2.24, 2.45) is 12.8 Å². The predicted octanol–water partition coefficient (Wildman–Crippen LogP) is 2.98. The van der Waals surface area contributed by atoms with Gasteiger partial charge in [-0.3, -0.25) is 4.68 Å². The molecule has 20 heavy (non-hydrogen) atoms. The van der Waals surface area contributed by atoms with Gasteiger partial charge < -0.3 is 10.5 Å². The maximum Gasteiger partial charge on any atom is 0.131 e. The van der Waals surface area contributed by atoms with Gasteiger partial charge in [-0.15, -0.1) is 0 Å². The minimum Gasteiger partial charge on any atom is -0.496 e. The largest absolute Gasteiger partial charge is 0.496 e. The number of aromatic nitrogens is 2. The average molecular weight is 338 g/mol. The molecule has 0 aliphatic carbocycles. The lowest BCUT2D eigenvalue weighted by molar-refractivity contribution is 0.413. The van der Waals surface area contributed by atoms with Crippen LogP contribution in [-0.2, 0) is 13.5 Å². The molecule has 1 heterocycles. The van der Waals surface area contributed by atoms with E-state index in [9.17, 15) is 0 Å². The molecule has 0 aliphatic heterocycles. The molecule has 5 heteroatoms. The lowest BCUT2D eigenvalue weighted by atomic mass is 10.0. The first kappa shape index (κ1) is 15.1. The summed E-state index contributed by atoms with van der Waals surface area (Å²) in [5, 5.41) is 4.62. The van der Waals surface area contributed by atoms with Crippen molar-refractivity contribution in [3.63, 3.8) is 0 Å². The van der Waals surface area contributed by atoms with Crippen LogP contribution in [0, 0.1) is 13.8 Å². The number of nitrogens with two attached hydrogens (primary N) is 1. The third kappa shape index (κ3) is 2.60. The van der Waals surface area contributed by atoms with Crippen molar-refractivity contribution in [1.82, 2.24) is 9.78 Å². The number of hydrogen-bond acceptors (Lipinski definition) is 3. The summed E-state index contributed by atoms with van der Waals surface area (Å²) in [4.78, 5) is 0. The van der Waals surface area contributed by atoms with Crippen LogP contribution in [0.25, 0.3) is 11.3 Å². The van der Waals surface area contributed by atoms with Gasteiger partial charge in [-0.05, 0) is 53.5 Å². The van der Waals surface area contributed by atoms with Gasteiger partial charge in [0.25, 0.3) is 0 Å². The van der Waals surface area contributed by atoms with Crippen molar-refractivity contribution in [3.8, 4) is 17.0 Å². The normalized spacial score (nSPS) is 10.9. The van der Waals surface area contributed by atoms with E-state index < -0.39 is 0 Å². The molecule has 1 aromatic carbocycles. The van der Waals surface area contributed by atoms with Crippen LogP contribution >= 0.6 is 15.9 Å². The van der Waals surface area contributed by atoms with E-state index in [4.69, 9.17) is 10.5 Å². The average Bonchev–Trinajstić information content (AvgIpc) is 2.66. The molecule has 0 atom stereocenters. The van der Waals surface area contributed by atoms with E-state index in [1.165, 1.54) is 5.56 Å². The zero-order chi connectivity index (χ0) is 14.9. The molecule has 4 nitrogen and oxygen atoms in total. The Morgan fingerprint density at radius 3 is 2.65 bits per heavy atom. The van der Waals surface area contributed by atoms with E-state index in [-0.39, 0.29) is 0 Å². The van der Waals surface area contributed by atoms with Gasteiger partial charge in [0.2, 0.25) is 0 Å². The molecule has 1 aromatic heterocycles. The van der Waals surface area contributed by atoms with Gasteiger partial charge in [-0.1, -0.05) is 6.07 Å². The molecule has 0 bridgehead atoms. The molecule has 0 saturated heterocycles. The summed E-state index contributed by atoms with van der Waals surface area (Å²) in [6.07, 6.45) is 0.789. The summed E-state index contributed by atoms with van der Waals surface area (Å²) < 4.78 is 8.43. The highest BCUT2D eigenvalue weighted by Crippen LogP contribution is 2.38. The fourth-order valence-electron chi connectivity index (χ4n) is 2.51. The number of rotatable bonds is 4. The molecular formula is C15H20BrN3O. The maximum atomic E-state index is 5.66. The Labute approximate surface area is 128 Å². The van der Waals surface area contributed by atoms with Crippen molar-refractivity contribution >= 4 is 15.9 Å². The molecule has 108 valence electrons. The highest BCUT2D eigenvalue weighted by Gasteiger charge is 2.19. The van der Waals surface area contributed by atoms with E-state index in [0.29, 0.717) is 6.54 Å². The minimum absolute atomic E-state index is 0.599. The summed E-state index contributed by atoms with van der Waals surface area (Å²) in [6.45, 7) is 4.72. The second-order valence-electron chi connectivity index (χ2n) is 4.93. The summed E-state index contributed by atoms with van der Waals surface area (Å²) in [6, 6.07) is 4.21. The third-order valence-electron chi connectivity index (χ3n) is 3.36. The highest BCUT2D eigenvalue weighted by atomic mass is 79.9. The molecule has 0 aliphatic rings. The standard InChI is InChI=1S/C15H20BrN3O/c1-9-7-10(2)15(20-4)11(8-9)14-13(16)12(5-6-17)19(3)18-14/h7-8H,5-6,17H2,1-4H3. The lowest BCUT2D eigenvalue weighted by Gasteiger charge is -2.11. The van der Waals surface area contributed by atoms with Gasteiger partial charge in [0, 0.05) is 19.0 Å². The first-order valence-corrected chi connectivity index (χ1v) is 7.36. The minimum atomic E-state index is 0.599. The van der Waals surface area contributed by atoms with Gasteiger partial charge in [0.15, 0.2) is 0 Å². The molecule has 0 amide bonds. The lowest BCUT2D eigenvalue weighted by Crippen LogP contribution is -2.07. The Bertz CT molecular complexity index is 635. The molecule has 0 fully saturated rings. The van der Waals surface area contributed by atoms with E-state index in [2.05, 4.69) is 40.1 Å². The molecule has 0 saturated carbocycles. The van der Waals surface area contributed by atoms with E-state index in [0.717, 1.165) is 39.2 Å². The summed E-state index contributed by atoms with van der Waals surface area (Å²) in [5.41, 5.74) is 11.0. The van der Waals surface area contributed by atoms with Gasteiger partial charge >= 0.3 is 0 Å². The molecule has 0 radical (unpaired) electrons. The fraction of sp³-hybridized carbons (Fsp3) is 0.400. The second-order valence-corrected chi connectivity index (χ2v) is 5.73. The van der Waals surface area contributed by atoms with Crippen molar-refractivity contribution in [2.75, 3.05) is 13.7 Å². The fourth-order valence-corrected chi connectivity index (χ4v) is 3.26. The Kier molecular flexibility index (Phi) is 4.50. The Morgan fingerprint density at radius 1 is 1.35 bits per heavy atom. The summed E-state index contributed by atoms with van der Waals surface area (Å²) >= 11 is 3.66. The molecule has 0 unspecified atom stereocenters. The molecule has 0 spiro atoms. The van der Waals surface area contributed by atoms with Gasteiger partial charge in [-0.25, -0.2) is 0 Å². The molecule has 2 rings (SSSR count). The Hall–Kier alpha value is -1.33. The van der Waals surface area contributed by atoms with Crippen molar-refractivity contribution in [1.29, 1.82) is 0 Å². The highest BCUT2D eigenvalue weighted by molar-refractivity contribution is 9.10. The van der Waals surface area contributed by atoms with Crippen LogP contribution in [0.5, 0.6) is 5.75 Å². The topological polar surface area (TPSA) is 53.1 Å². The second kappa shape index (κ2) is 5.97. The van der Waals surface area contributed by atoms with Crippen molar-refractivity contribution in [3.05, 3.63) is 33.4 Å². The number of halogens is 1. The quantitative estimate of drug-likeness (QED) is 0.932.